The zero-order valence-corrected chi connectivity index (χ0v) is 11.6. The Kier molecular flexibility index (Phi) is 8.41. The third kappa shape index (κ3) is 6.62. The molecule has 0 amide bonds. The second-order valence-corrected chi connectivity index (χ2v) is 4.71. The molecule has 0 spiro atoms. The molecular weight excluding hydrogens is 252 g/mol. The third-order valence-corrected chi connectivity index (χ3v) is 2.16. The van der Waals surface area contributed by atoms with Crippen molar-refractivity contribution >= 4 is 5.78 Å². The van der Waals surface area contributed by atoms with Gasteiger partial charge in [0.05, 0.1) is 0 Å². The number of carbonyl (C=O) groups excluding carboxylic acids is 1. The Labute approximate surface area is 118 Å². The molecule has 0 N–H and O–H groups in total. The molecule has 17 heavy (non-hydrogen) atoms. The fourth-order valence-electron chi connectivity index (χ4n) is 1.28. The average molecular weight is 270 g/mol. The van der Waals surface area contributed by atoms with Crippen molar-refractivity contribution in [1.29, 1.82) is 0 Å². The van der Waals surface area contributed by atoms with Gasteiger partial charge in [-0.15, -0.1) is 0 Å². The average Bonchev–Trinajstić information content (AvgIpc) is 2.91. The predicted molar refractivity (Wildman–Crippen MR) is 66.4 cm³/mol. The van der Waals surface area contributed by atoms with Crippen LogP contribution in [-0.4, -0.2) is 5.78 Å². The number of Topliss-reactive ketones (excluding diaryl/α,β-unsaturated/α-hetero) is 1. The molecule has 2 rings (SSSR count). The molecule has 0 aromatic heterocycles. The van der Waals surface area contributed by atoms with Crippen molar-refractivity contribution in [2.75, 3.05) is 0 Å². The number of rotatable bonds is 1. The monoisotopic (exact) mass is 270 g/mol. The van der Waals surface area contributed by atoms with Crippen LogP contribution < -0.4 is 0 Å². The van der Waals surface area contributed by atoms with E-state index in [2.05, 4.69) is 0 Å². The van der Waals surface area contributed by atoms with Crippen LogP contribution in [0.25, 0.3) is 0 Å². The quantitative estimate of drug-likeness (QED) is 0.669. The topological polar surface area (TPSA) is 17.1 Å². The van der Waals surface area contributed by atoms with E-state index in [0.717, 1.165) is 5.92 Å². The Hall–Kier alpha value is 0.189. The summed E-state index contributed by atoms with van der Waals surface area (Å²) in [7, 11) is 0. The van der Waals surface area contributed by atoms with Gasteiger partial charge in [0.1, 0.15) is 5.78 Å². The van der Waals surface area contributed by atoms with Gasteiger partial charge in [0.2, 0.25) is 0 Å². The molecule has 2 saturated carbocycles. The minimum Gasteiger partial charge on any atom is -0.298 e. The van der Waals surface area contributed by atoms with Crippen LogP contribution in [0.2, 0.25) is 0 Å². The van der Waals surface area contributed by atoms with E-state index in [-0.39, 0.29) is 28.3 Å². The fraction of sp³-hybridized carbons (Fsp3) is 0.267. The second kappa shape index (κ2) is 8.32. The van der Waals surface area contributed by atoms with Gasteiger partial charge in [-0.3, -0.25) is 4.79 Å². The van der Waals surface area contributed by atoms with E-state index >= 15 is 0 Å². The normalized spacial score (nSPS) is 20.4. The summed E-state index contributed by atoms with van der Waals surface area (Å²) in [6.45, 7) is 5.80. The van der Waals surface area contributed by atoms with Crippen molar-refractivity contribution in [3.05, 3.63) is 63.7 Å². The van der Waals surface area contributed by atoms with E-state index in [1.165, 1.54) is 0 Å². The first-order valence-electron chi connectivity index (χ1n) is 5.45. The molecule has 1 nitrogen and oxygen atoms in total. The van der Waals surface area contributed by atoms with E-state index in [1.807, 2.05) is 78.6 Å². The van der Waals surface area contributed by atoms with Crippen LogP contribution in [-0.2, 0) is 21.9 Å². The Morgan fingerprint density at radius 3 is 1.47 bits per heavy atom. The number of hydrogen-bond donors (Lipinski definition) is 0. The molecule has 10 radical (unpaired) electrons. The molecule has 0 aromatic carbocycles. The molecule has 90 valence electrons. The van der Waals surface area contributed by atoms with Crippen LogP contribution >= 0.6 is 0 Å². The molecule has 2 heteroatoms. The van der Waals surface area contributed by atoms with Gasteiger partial charge < -0.3 is 0 Å². The minimum atomic E-state index is -0.256. The van der Waals surface area contributed by atoms with E-state index in [9.17, 15) is 4.79 Å². The molecule has 0 heterocycles. The molecule has 0 atom stereocenters. The van der Waals surface area contributed by atoms with Gasteiger partial charge in [0, 0.05) is 11.3 Å². The van der Waals surface area contributed by atoms with Crippen molar-refractivity contribution in [3.63, 3.8) is 0 Å². The summed E-state index contributed by atoms with van der Waals surface area (Å²) < 4.78 is 0. The number of carbonyl (C=O) groups is 1. The van der Waals surface area contributed by atoms with E-state index in [4.69, 9.17) is 0 Å². The maximum atomic E-state index is 11.5. The summed E-state index contributed by atoms with van der Waals surface area (Å²) in [4.78, 5) is 11.5. The zero-order chi connectivity index (χ0) is 12.0. The Morgan fingerprint density at radius 2 is 1.18 bits per heavy atom. The SMILES string of the molecule is CC(C)(C)C(=O)[C]1[CH][CH][CH][CH]1.[CH]1[CH][CH][CH][CH]1.[Fe+2]. The van der Waals surface area contributed by atoms with Gasteiger partial charge >= 0.3 is 17.1 Å². The second-order valence-electron chi connectivity index (χ2n) is 4.71. The van der Waals surface area contributed by atoms with E-state index < -0.39 is 0 Å². The van der Waals surface area contributed by atoms with Crippen LogP contribution in [0.4, 0.5) is 0 Å². The van der Waals surface area contributed by atoms with Gasteiger partial charge in [-0.2, -0.15) is 0 Å². The number of hydrogen-bond acceptors (Lipinski definition) is 1. The third-order valence-electron chi connectivity index (χ3n) is 2.16. The van der Waals surface area contributed by atoms with Gasteiger partial charge in [0.25, 0.3) is 0 Å². The smallest absolute Gasteiger partial charge is 0.298 e. The molecular formula is C15H18FeO+2. The van der Waals surface area contributed by atoms with Gasteiger partial charge in [-0.05, 0) is 57.8 Å². The van der Waals surface area contributed by atoms with Crippen LogP contribution in [0.5, 0.6) is 0 Å². The summed E-state index contributed by atoms with van der Waals surface area (Å²) in [5.41, 5.74) is -0.256. The van der Waals surface area contributed by atoms with Crippen LogP contribution in [0.3, 0.4) is 0 Å². The first kappa shape index (κ1) is 17.2. The van der Waals surface area contributed by atoms with Crippen molar-refractivity contribution in [2.24, 2.45) is 5.41 Å². The first-order chi connectivity index (χ1) is 7.52. The molecule has 0 unspecified atom stereocenters. The maximum absolute atomic E-state index is 11.5. The largest absolute Gasteiger partial charge is 2.00 e. The fourth-order valence-corrected chi connectivity index (χ4v) is 1.28. The van der Waals surface area contributed by atoms with E-state index in [0.29, 0.717) is 0 Å². The van der Waals surface area contributed by atoms with Crippen molar-refractivity contribution in [2.45, 2.75) is 20.8 Å². The predicted octanol–water partition coefficient (Wildman–Crippen LogP) is 3.03. The molecule has 0 saturated heterocycles. The van der Waals surface area contributed by atoms with Crippen molar-refractivity contribution < 1.29 is 21.9 Å². The molecule has 2 aliphatic carbocycles. The summed E-state index contributed by atoms with van der Waals surface area (Å²) in [6.07, 6.45) is 17.5. The molecule has 2 aliphatic rings. The molecule has 2 fully saturated rings. The van der Waals surface area contributed by atoms with Crippen molar-refractivity contribution in [1.82, 2.24) is 0 Å². The summed E-state index contributed by atoms with van der Waals surface area (Å²) in [5, 5.41) is 0. The Bertz CT molecular complexity index is 200. The van der Waals surface area contributed by atoms with E-state index in [1.54, 1.807) is 0 Å². The van der Waals surface area contributed by atoms with Crippen LogP contribution in [0, 0.1) is 69.1 Å². The van der Waals surface area contributed by atoms with Gasteiger partial charge in [-0.25, -0.2) is 0 Å². The molecule has 0 bridgehead atoms. The summed E-state index contributed by atoms with van der Waals surface area (Å²) >= 11 is 0. The maximum Gasteiger partial charge on any atom is 2.00 e. The number of ketones is 1. The standard InChI is InChI=1S/C10H13O.C5H5.Fe/c1-10(2,3)9(11)8-6-4-5-7-8;1-2-4-5-3-1;/h4-7H,1-3H3;1-5H;/q;;+2. The van der Waals surface area contributed by atoms with Crippen LogP contribution in [0.15, 0.2) is 0 Å². The minimum absolute atomic E-state index is 0. The zero-order valence-electron chi connectivity index (χ0n) is 10.5. The summed E-state index contributed by atoms with van der Waals surface area (Å²) in [5.74, 6) is 1.03. The molecule has 0 aliphatic heterocycles. The van der Waals surface area contributed by atoms with Crippen molar-refractivity contribution in [3.8, 4) is 0 Å². The van der Waals surface area contributed by atoms with Gasteiger partial charge in [-0.1, -0.05) is 20.8 Å². The van der Waals surface area contributed by atoms with Crippen LogP contribution in [0.1, 0.15) is 20.8 Å². The van der Waals surface area contributed by atoms with Gasteiger partial charge in [0.15, 0.2) is 0 Å². The first-order valence-corrected chi connectivity index (χ1v) is 5.45. The molecule has 0 aromatic rings. The summed E-state index contributed by atoms with van der Waals surface area (Å²) in [6, 6.07) is 0. The Morgan fingerprint density at radius 1 is 0.824 bits per heavy atom. The Balaban J connectivity index is 0.000000360.